The van der Waals surface area contributed by atoms with E-state index in [9.17, 15) is 13.2 Å². The van der Waals surface area contributed by atoms with Gasteiger partial charge in [-0.2, -0.15) is 0 Å². The highest BCUT2D eigenvalue weighted by Gasteiger charge is 2.20. The Morgan fingerprint density at radius 3 is 2.28 bits per heavy atom. The molecule has 6 nitrogen and oxygen atoms in total. The molecule has 0 aliphatic rings. The van der Waals surface area contributed by atoms with Crippen molar-refractivity contribution in [3.63, 3.8) is 0 Å². The number of nitrogens with one attached hydrogen (secondary N) is 1. The van der Waals surface area contributed by atoms with Gasteiger partial charge >= 0.3 is 0 Å². The zero-order valence-corrected chi connectivity index (χ0v) is 17.2. The second-order valence-corrected chi connectivity index (χ2v) is 8.54. The van der Waals surface area contributed by atoms with Crippen molar-refractivity contribution < 1.29 is 17.9 Å². The van der Waals surface area contributed by atoms with E-state index in [1.54, 1.807) is 42.5 Å². The van der Waals surface area contributed by atoms with Gasteiger partial charge in [-0.1, -0.05) is 11.6 Å². The summed E-state index contributed by atoms with van der Waals surface area (Å²) in [7, 11) is -3.88. The third-order valence-corrected chi connectivity index (χ3v) is 5.49. The maximum Gasteiger partial charge on any atom is 0.261 e. The van der Waals surface area contributed by atoms with Crippen molar-refractivity contribution in [2.24, 2.45) is 0 Å². The average Bonchev–Trinajstić information content (AvgIpc) is 2.69. The van der Waals surface area contributed by atoms with E-state index in [1.807, 2.05) is 20.8 Å². The van der Waals surface area contributed by atoms with Crippen LogP contribution in [0.15, 0.2) is 71.9 Å². The maximum absolute atomic E-state index is 12.9. The van der Waals surface area contributed by atoms with E-state index >= 15 is 0 Å². The SMILES string of the molecule is Cc1ccc(NS(=O)(=O)c2ccc(OC(C)C)cc2)c(C(=O)c2ccncc2)c1. The number of pyridine rings is 1. The fourth-order valence-corrected chi connectivity index (χ4v) is 3.85. The lowest BCUT2D eigenvalue weighted by molar-refractivity contribution is 0.103. The molecule has 0 aliphatic carbocycles. The highest BCUT2D eigenvalue weighted by Crippen LogP contribution is 2.25. The van der Waals surface area contributed by atoms with Crippen molar-refractivity contribution in [3.8, 4) is 5.75 Å². The average molecular weight is 410 g/mol. The van der Waals surface area contributed by atoms with Crippen molar-refractivity contribution in [2.45, 2.75) is 31.8 Å². The second-order valence-electron chi connectivity index (χ2n) is 6.86. The van der Waals surface area contributed by atoms with Crippen LogP contribution in [-0.4, -0.2) is 25.3 Å². The van der Waals surface area contributed by atoms with Gasteiger partial charge < -0.3 is 4.74 Å². The van der Waals surface area contributed by atoms with Crippen molar-refractivity contribution >= 4 is 21.5 Å². The fourth-order valence-electron chi connectivity index (χ4n) is 2.77. The summed E-state index contributed by atoms with van der Waals surface area (Å²) in [5.41, 5.74) is 1.78. The molecule has 1 heterocycles. The first-order chi connectivity index (χ1) is 13.8. The van der Waals surface area contributed by atoms with Gasteiger partial charge in [-0.25, -0.2) is 8.42 Å². The first kappa shape index (κ1) is 20.5. The molecule has 150 valence electrons. The quantitative estimate of drug-likeness (QED) is 0.590. The summed E-state index contributed by atoms with van der Waals surface area (Å²) in [6, 6.07) is 14.3. The van der Waals surface area contributed by atoms with Crippen LogP contribution < -0.4 is 9.46 Å². The maximum atomic E-state index is 12.9. The molecule has 0 spiro atoms. The Kier molecular flexibility index (Phi) is 5.98. The number of ketones is 1. The predicted octanol–water partition coefficient (Wildman–Crippen LogP) is 4.21. The molecule has 0 amide bonds. The third kappa shape index (κ3) is 5.00. The van der Waals surface area contributed by atoms with Gasteiger partial charge in [0.05, 0.1) is 16.7 Å². The van der Waals surface area contributed by atoms with Crippen LogP contribution in [0.1, 0.15) is 35.3 Å². The van der Waals surface area contributed by atoms with E-state index in [0.29, 0.717) is 11.3 Å². The van der Waals surface area contributed by atoms with E-state index in [4.69, 9.17) is 4.74 Å². The minimum atomic E-state index is -3.88. The molecule has 7 heteroatoms. The van der Waals surface area contributed by atoms with Gasteiger partial charge in [0.25, 0.3) is 10.0 Å². The number of ether oxygens (including phenoxy) is 1. The van der Waals surface area contributed by atoms with Crippen molar-refractivity contribution in [2.75, 3.05) is 4.72 Å². The van der Waals surface area contributed by atoms with E-state index < -0.39 is 10.0 Å². The summed E-state index contributed by atoms with van der Waals surface area (Å²) in [6.45, 7) is 5.63. The number of rotatable bonds is 7. The third-order valence-electron chi connectivity index (χ3n) is 4.11. The number of hydrogen-bond acceptors (Lipinski definition) is 5. The molecule has 0 atom stereocenters. The zero-order chi connectivity index (χ0) is 21.0. The number of nitrogens with zero attached hydrogens (tertiary/aromatic N) is 1. The van der Waals surface area contributed by atoms with Gasteiger partial charge in [0.2, 0.25) is 0 Å². The minimum absolute atomic E-state index is 0.00935. The number of anilines is 1. The summed E-state index contributed by atoms with van der Waals surface area (Å²) < 4.78 is 33.8. The number of aromatic nitrogens is 1. The van der Waals surface area contributed by atoms with Gasteiger partial charge in [-0.15, -0.1) is 0 Å². The molecule has 0 radical (unpaired) electrons. The molecule has 1 aromatic heterocycles. The monoisotopic (exact) mass is 410 g/mol. The van der Waals surface area contributed by atoms with Crippen molar-refractivity contribution in [1.29, 1.82) is 0 Å². The molecule has 1 N–H and O–H groups in total. The lowest BCUT2D eigenvalue weighted by Crippen LogP contribution is -2.16. The Morgan fingerprint density at radius 1 is 1.00 bits per heavy atom. The standard InChI is InChI=1S/C22H22N2O4S/c1-15(2)28-18-5-7-19(8-6-18)29(26,27)24-21-9-4-16(3)14-20(21)22(25)17-10-12-23-13-11-17/h4-15,24H,1-3H3. The summed E-state index contributed by atoms with van der Waals surface area (Å²) in [4.78, 5) is 16.9. The molecule has 0 saturated heterocycles. The molecule has 29 heavy (non-hydrogen) atoms. The highest BCUT2D eigenvalue weighted by atomic mass is 32.2. The van der Waals surface area contributed by atoms with Gasteiger partial charge in [-0.3, -0.25) is 14.5 Å². The Bertz CT molecular complexity index is 1110. The van der Waals surface area contributed by atoms with Crippen LogP contribution in [-0.2, 0) is 10.0 Å². The van der Waals surface area contributed by atoms with E-state index in [0.717, 1.165) is 5.56 Å². The Hall–Kier alpha value is -3.19. The highest BCUT2D eigenvalue weighted by molar-refractivity contribution is 7.92. The Labute approximate surface area is 170 Å². The number of sulfonamides is 1. The van der Waals surface area contributed by atoms with E-state index in [1.165, 1.54) is 24.5 Å². The van der Waals surface area contributed by atoms with Crippen molar-refractivity contribution in [1.82, 2.24) is 4.98 Å². The first-order valence-corrected chi connectivity index (χ1v) is 10.6. The molecular formula is C22H22N2O4S. The smallest absolute Gasteiger partial charge is 0.261 e. The topological polar surface area (TPSA) is 85.4 Å². The number of benzene rings is 2. The lowest BCUT2D eigenvalue weighted by atomic mass is 10.0. The number of hydrogen-bond donors (Lipinski definition) is 1. The van der Waals surface area contributed by atoms with Crippen LogP contribution in [0.4, 0.5) is 5.69 Å². The van der Waals surface area contributed by atoms with Crippen LogP contribution in [0.25, 0.3) is 0 Å². The summed E-state index contributed by atoms with van der Waals surface area (Å²) in [5.74, 6) is 0.303. The molecule has 0 bridgehead atoms. The van der Waals surface area contributed by atoms with Gasteiger partial charge in [0.1, 0.15) is 5.75 Å². The largest absolute Gasteiger partial charge is 0.491 e. The van der Waals surface area contributed by atoms with Gasteiger partial charge in [-0.05, 0) is 69.3 Å². The Morgan fingerprint density at radius 2 is 1.66 bits per heavy atom. The molecule has 0 saturated carbocycles. The summed E-state index contributed by atoms with van der Waals surface area (Å²) >= 11 is 0. The molecule has 3 aromatic rings. The van der Waals surface area contributed by atoms with Crippen LogP contribution in [0.3, 0.4) is 0 Å². The molecule has 0 aliphatic heterocycles. The minimum Gasteiger partial charge on any atom is -0.491 e. The van der Waals surface area contributed by atoms with E-state index in [2.05, 4.69) is 9.71 Å². The van der Waals surface area contributed by atoms with Crippen molar-refractivity contribution in [3.05, 3.63) is 83.7 Å². The van der Waals surface area contributed by atoms with Crippen LogP contribution in [0, 0.1) is 6.92 Å². The Balaban J connectivity index is 1.92. The first-order valence-electron chi connectivity index (χ1n) is 9.11. The number of aryl methyl sites for hydroxylation is 1. The fraction of sp³-hybridized carbons (Fsp3) is 0.182. The molecule has 0 fully saturated rings. The lowest BCUT2D eigenvalue weighted by Gasteiger charge is -2.14. The van der Waals surface area contributed by atoms with Crippen LogP contribution >= 0.6 is 0 Å². The molecule has 0 unspecified atom stereocenters. The molecular weight excluding hydrogens is 388 g/mol. The van der Waals surface area contributed by atoms with Crippen LogP contribution in [0.2, 0.25) is 0 Å². The molecule has 3 rings (SSSR count). The zero-order valence-electron chi connectivity index (χ0n) is 16.4. The van der Waals surface area contributed by atoms with E-state index in [-0.39, 0.29) is 28.0 Å². The summed E-state index contributed by atoms with van der Waals surface area (Å²) in [5, 5.41) is 0. The van der Waals surface area contributed by atoms with Crippen LogP contribution in [0.5, 0.6) is 5.75 Å². The van der Waals surface area contributed by atoms with Gasteiger partial charge in [0.15, 0.2) is 5.78 Å². The molecule has 2 aromatic carbocycles. The number of carbonyl (C=O) groups excluding carboxylic acids is 1. The normalized spacial score (nSPS) is 11.3. The van der Waals surface area contributed by atoms with Gasteiger partial charge in [0, 0.05) is 23.5 Å². The second kappa shape index (κ2) is 8.45. The predicted molar refractivity (Wildman–Crippen MR) is 112 cm³/mol. The number of carbonyl (C=O) groups is 1. The summed E-state index contributed by atoms with van der Waals surface area (Å²) in [6.07, 6.45) is 3.03.